The molecular weight excluding hydrogens is 383 g/mol. The van der Waals surface area contributed by atoms with E-state index in [-0.39, 0.29) is 5.82 Å². The largest absolute Gasteiger partial charge is 0.384 e. The number of benzene rings is 1. The zero-order valence-corrected chi connectivity index (χ0v) is 17.2. The second-order valence-electron chi connectivity index (χ2n) is 7.16. The number of hydrogen-bond acceptors (Lipinski definition) is 5. The van der Waals surface area contributed by atoms with Crippen molar-refractivity contribution < 1.29 is 9.13 Å². The van der Waals surface area contributed by atoms with Gasteiger partial charge in [-0.25, -0.2) is 19.0 Å². The summed E-state index contributed by atoms with van der Waals surface area (Å²) in [6.07, 6.45) is 2.79. The van der Waals surface area contributed by atoms with Gasteiger partial charge in [-0.15, -0.1) is 0 Å². The predicted molar refractivity (Wildman–Crippen MR) is 111 cm³/mol. The zero-order valence-electron chi connectivity index (χ0n) is 17.2. The summed E-state index contributed by atoms with van der Waals surface area (Å²) >= 11 is 0. The molecule has 0 amide bonds. The second-order valence-corrected chi connectivity index (χ2v) is 7.16. The minimum Gasteiger partial charge on any atom is -0.384 e. The molecule has 4 rings (SSSR count). The fraction of sp³-hybridized carbons (Fsp3) is 0.273. The Balaban J connectivity index is 1.67. The Morgan fingerprint density at radius 1 is 1.10 bits per heavy atom. The molecule has 0 aliphatic heterocycles. The maximum Gasteiger partial charge on any atom is 0.157 e. The van der Waals surface area contributed by atoms with Crippen molar-refractivity contribution in [1.29, 1.82) is 0 Å². The normalized spacial score (nSPS) is 11.2. The molecule has 0 bridgehead atoms. The van der Waals surface area contributed by atoms with Gasteiger partial charge in [-0.2, -0.15) is 10.2 Å². The standard InChI is InChI=1S/C22H23FN6O/c1-14-10-15(2)29(28-14)21-12-18(24-13-25-21)11-20-19(8-9-30-3)22(27-26-20)16-4-6-17(23)7-5-16/h4-7,10,12-13H,8-9,11H2,1-3H3,(H,26,27). The molecular formula is C22H23FN6O. The quantitative estimate of drug-likeness (QED) is 0.507. The van der Waals surface area contributed by atoms with Crippen LogP contribution in [0.1, 0.15) is 28.3 Å². The van der Waals surface area contributed by atoms with Gasteiger partial charge in [0.05, 0.1) is 23.7 Å². The highest BCUT2D eigenvalue weighted by atomic mass is 19.1. The summed E-state index contributed by atoms with van der Waals surface area (Å²) in [4.78, 5) is 8.80. The lowest BCUT2D eigenvalue weighted by molar-refractivity contribution is 0.202. The Kier molecular flexibility index (Phi) is 5.67. The molecule has 154 valence electrons. The first-order valence-electron chi connectivity index (χ1n) is 9.70. The fourth-order valence-corrected chi connectivity index (χ4v) is 3.51. The molecule has 7 nitrogen and oxygen atoms in total. The number of nitrogens with zero attached hydrogens (tertiary/aromatic N) is 5. The molecule has 8 heteroatoms. The van der Waals surface area contributed by atoms with E-state index in [1.165, 1.54) is 12.1 Å². The number of nitrogens with one attached hydrogen (secondary N) is 1. The van der Waals surface area contributed by atoms with E-state index in [9.17, 15) is 4.39 Å². The third-order valence-electron chi connectivity index (χ3n) is 4.92. The monoisotopic (exact) mass is 406 g/mol. The third-order valence-corrected chi connectivity index (χ3v) is 4.92. The highest BCUT2D eigenvalue weighted by Gasteiger charge is 2.16. The van der Waals surface area contributed by atoms with Gasteiger partial charge in [0.25, 0.3) is 0 Å². The van der Waals surface area contributed by atoms with Crippen LogP contribution in [0.4, 0.5) is 4.39 Å². The van der Waals surface area contributed by atoms with Gasteiger partial charge in [0.1, 0.15) is 12.1 Å². The second kappa shape index (κ2) is 8.54. The number of aromatic amines is 1. The smallest absolute Gasteiger partial charge is 0.157 e. The Bertz CT molecular complexity index is 1150. The van der Waals surface area contributed by atoms with Crippen molar-refractivity contribution in [2.75, 3.05) is 13.7 Å². The number of methoxy groups -OCH3 is 1. The molecule has 0 radical (unpaired) electrons. The Labute approximate surface area is 174 Å². The van der Waals surface area contributed by atoms with Crippen LogP contribution in [0.5, 0.6) is 0 Å². The molecule has 0 spiro atoms. The summed E-state index contributed by atoms with van der Waals surface area (Å²) in [6.45, 7) is 4.51. The lowest BCUT2D eigenvalue weighted by atomic mass is 10.0. The molecule has 0 aliphatic carbocycles. The molecule has 30 heavy (non-hydrogen) atoms. The van der Waals surface area contributed by atoms with Crippen LogP contribution in [0.25, 0.3) is 17.1 Å². The van der Waals surface area contributed by atoms with E-state index in [2.05, 4.69) is 25.3 Å². The van der Waals surface area contributed by atoms with Crippen molar-refractivity contribution in [2.24, 2.45) is 0 Å². The Hall–Kier alpha value is -3.39. The van der Waals surface area contributed by atoms with Gasteiger partial charge >= 0.3 is 0 Å². The highest BCUT2D eigenvalue weighted by Crippen LogP contribution is 2.26. The van der Waals surface area contributed by atoms with Gasteiger partial charge in [-0.05, 0) is 50.6 Å². The number of H-pyrrole nitrogens is 1. The lowest BCUT2D eigenvalue weighted by Gasteiger charge is -2.08. The van der Waals surface area contributed by atoms with Crippen LogP contribution >= 0.6 is 0 Å². The molecule has 0 fully saturated rings. The first-order chi connectivity index (χ1) is 14.5. The molecule has 1 aromatic carbocycles. The molecule has 1 N–H and O–H groups in total. The first-order valence-corrected chi connectivity index (χ1v) is 9.70. The van der Waals surface area contributed by atoms with Crippen molar-refractivity contribution in [2.45, 2.75) is 26.7 Å². The maximum atomic E-state index is 13.3. The Morgan fingerprint density at radius 2 is 1.90 bits per heavy atom. The van der Waals surface area contributed by atoms with E-state index in [0.29, 0.717) is 19.4 Å². The van der Waals surface area contributed by atoms with Crippen molar-refractivity contribution in [1.82, 2.24) is 29.9 Å². The maximum absolute atomic E-state index is 13.3. The highest BCUT2D eigenvalue weighted by molar-refractivity contribution is 5.64. The van der Waals surface area contributed by atoms with Gasteiger partial charge in [-0.1, -0.05) is 0 Å². The summed E-state index contributed by atoms with van der Waals surface area (Å²) in [7, 11) is 1.67. The van der Waals surface area contributed by atoms with Gasteiger partial charge in [-0.3, -0.25) is 5.10 Å². The van der Waals surface area contributed by atoms with Gasteiger partial charge in [0.15, 0.2) is 5.82 Å². The summed E-state index contributed by atoms with van der Waals surface area (Å²) in [6, 6.07) is 10.3. The van der Waals surface area contributed by atoms with Crippen LogP contribution in [0.3, 0.4) is 0 Å². The van der Waals surface area contributed by atoms with Crippen LogP contribution < -0.4 is 0 Å². The molecule has 3 aromatic heterocycles. The number of rotatable bonds is 7. The molecule has 0 unspecified atom stereocenters. The van der Waals surface area contributed by atoms with Gasteiger partial charge in [0.2, 0.25) is 0 Å². The van der Waals surface area contributed by atoms with Crippen molar-refractivity contribution >= 4 is 0 Å². The topological polar surface area (TPSA) is 81.5 Å². The zero-order chi connectivity index (χ0) is 21.1. The van der Waals surface area contributed by atoms with Crippen LogP contribution in [0.15, 0.2) is 42.7 Å². The van der Waals surface area contributed by atoms with E-state index in [0.717, 1.165) is 45.4 Å². The number of aromatic nitrogens is 6. The SMILES string of the molecule is COCCc1c(-c2ccc(F)cc2)n[nH]c1Cc1cc(-n2nc(C)cc2C)ncn1. The summed E-state index contributed by atoms with van der Waals surface area (Å²) in [5.74, 6) is 0.452. The third kappa shape index (κ3) is 4.13. The lowest BCUT2D eigenvalue weighted by Crippen LogP contribution is -2.06. The number of aryl methyl sites for hydroxylation is 2. The van der Waals surface area contributed by atoms with Gasteiger partial charge in [0, 0.05) is 42.1 Å². The molecule has 0 saturated heterocycles. The van der Waals surface area contributed by atoms with Gasteiger partial charge < -0.3 is 4.74 Å². The number of halogens is 1. The minimum atomic E-state index is -0.273. The summed E-state index contributed by atoms with van der Waals surface area (Å²) < 4.78 is 20.4. The van der Waals surface area contributed by atoms with Crippen LogP contribution in [0, 0.1) is 19.7 Å². The number of hydrogen-bond donors (Lipinski definition) is 1. The van der Waals surface area contributed by atoms with E-state index in [1.807, 2.05) is 30.7 Å². The van der Waals surface area contributed by atoms with Crippen molar-refractivity contribution in [3.63, 3.8) is 0 Å². The van der Waals surface area contributed by atoms with Crippen LogP contribution in [0.2, 0.25) is 0 Å². The molecule has 0 aliphatic rings. The Morgan fingerprint density at radius 3 is 2.60 bits per heavy atom. The van der Waals surface area contributed by atoms with E-state index in [1.54, 1.807) is 25.6 Å². The molecule has 4 aromatic rings. The predicted octanol–water partition coefficient (Wildman–Crippen LogP) is 3.59. The van der Waals surface area contributed by atoms with Crippen molar-refractivity contribution in [3.8, 4) is 17.1 Å². The van der Waals surface area contributed by atoms with Crippen LogP contribution in [-0.2, 0) is 17.6 Å². The summed E-state index contributed by atoms with van der Waals surface area (Å²) in [5, 5.41) is 12.1. The fourth-order valence-electron chi connectivity index (χ4n) is 3.51. The van der Waals surface area contributed by atoms with Crippen LogP contribution in [-0.4, -0.2) is 43.7 Å². The molecule has 0 saturated carbocycles. The number of ether oxygens (including phenoxy) is 1. The first kappa shape index (κ1) is 19.9. The molecule has 0 atom stereocenters. The van der Waals surface area contributed by atoms with E-state index in [4.69, 9.17) is 4.74 Å². The average molecular weight is 406 g/mol. The summed E-state index contributed by atoms with van der Waals surface area (Å²) in [5.41, 5.74) is 6.44. The minimum absolute atomic E-state index is 0.273. The average Bonchev–Trinajstić information content (AvgIpc) is 3.29. The van der Waals surface area contributed by atoms with E-state index < -0.39 is 0 Å². The molecule has 3 heterocycles. The van der Waals surface area contributed by atoms with E-state index >= 15 is 0 Å². The van der Waals surface area contributed by atoms with Crippen molar-refractivity contribution in [3.05, 3.63) is 76.9 Å².